The molecule has 0 saturated carbocycles. The van der Waals surface area contributed by atoms with E-state index in [1.807, 2.05) is 116 Å². The zero-order valence-electron chi connectivity index (χ0n) is 24.5. The van der Waals surface area contributed by atoms with Crippen LogP contribution >= 0.6 is 0 Å². The molecule has 3 N–H and O–H groups in total. The Hall–Kier alpha value is -5.45. The van der Waals surface area contributed by atoms with Crippen molar-refractivity contribution in [2.24, 2.45) is 10.7 Å². The number of guanidine groups is 1. The first kappa shape index (κ1) is 32.5. The van der Waals surface area contributed by atoms with Crippen molar-refractivity contribution in [3.05, 3.63) is 143 Å². The summed E-state index contributed by atoms with van der Waals surface area (Å²) in [5, 5.41) is 7.12. The molecule has 1 atom stereocenters. The van der Waals surface area contributed by atoms with E-state index in [1.54, 1.807) is 18.0 Å². The summed E-state index contributed by atoms with van der Waals surface area (Å²) in [5.41, 5.74) is 9.04. The van der Waals surface area contributed by atoms with Crippen molar-refractivity contribution in [3.8, 4) is 0 Å². The number of carbonyl (C=O) groups is 3. The fourth-order valence-corrected chi connectivity index (χ4v) is 4.95. The number of alkyl halides is 3. The molecule has 0 spiro atoms. The molecule has 0 radical (unpaired) electrons. The summed E-state index contributed by atoms with van der Waals surface area (Å²) < 4.78 is 31.7. The maximum Gasteiger partial charge on any atom is 0.490 e. The van der Waals surface area contributed by atoms with Gasteiger partial charge < -0.3 is 15.7 Å². The zero-order valence-corrected chi connectivity index (χ0v) is 24.5. The molecule has 1 heterocycles. The number of aliphatic imine (C=N–C) groups is 1. The highest BCUT2D eigenvalue weighted by Crippen LogP contribution is 2.40. The van der Waals surface area contributed by atoms with E-state index in [2.05, 4.69) is 0 Å². The van der Waals surface area contributed by atoms with E-state index < -0.39 is 17.7 Å². The molecule has 0 bridgehead atoms. The van der Waals surface area contributed by atoms with Gasteiger partial charge in [-0.15, -0.1) is 0 Å². The molecule has 1 unspecified atom stereocenters. The van der Waals surface area contributed by atoms with Crippen LogP contribution in [0, 0.1) is 0 Å². The third kappa shape index (κ3) is 7.04. The minimum absolute atomic E-state index is 0.0901. The van der Waals surface area contributed by atoms with Crippen molar-refractivity contribution in [3.63, 3.8) is 0 Å². The van der Waals surface area contributed by atoms with Gasteiger partial charge in [-0.3, -0.25) is 14.5 Å². The van der Waals surface area contributed by atoms with Crippen LogP contribution in [-0.4, -0.2) is 51.9 Å². The fraction of sp³-hybridized carbons (Fsp3) is 0.176. The Balaban J connectivity index is 0.000000591. The average Bonchev–Trinajstić information content (AvgIpc) is 3.30. The predicted molar refractivity (Wildman–Crippen MR) is 163 cm³/mol. The summed E-state index contributed by atoms with van der Waals surface area (Å²) in [5.74, 6) is -2.93. The van der Waals surface area contributed by atoms with Gasteiger partial charge in [0.05, 0.1) is 12.6 Å². The van der Waals surface area contributed by atoms with E-state index in [-0.39, 0.29) is 30.4 Å². The molecule has 8 nitrogen and oxygen atoms in total. The van der Waals surface area contributed by atoms with Crippen molar-refractivity contribution < 1.29 is 32.7 Å². The first-order chi connectivity index (χ1) is 21.4. The van der Waals surface area contributed by atoms with Crippen LogP contribution in [0.5, 0.6) is 0 Å². The van der Waals surface area contributed by atoms with E-state index in [1.165, 1.54) is 4.90 Å². The number of carboxylic acids is 1. The highest BCUT2D eigenvalue weighted by molar-refractivity contribution is 6.09. The van der Waals surface area contributed by atoms with Crippen LogP contribution in [0.4, 0.5) is 13.2 Å². The molecule has 4 aromatic rings. The third-order valence-electron chi connectivity index (χ3n) is 7.44. The second-order valence-electron chi connectivity index (χ2n) is 10.3. The fourth-order valence-electron chi connectivity index (χ4n) is 4.95. The molecule has 0 aliphatic carbocycles. The second kappa shape index (κ2) is 13.5. The van der Waals surface area contributed by atoms with Crippen molar-refractivity contribution in [1.82, 2.24) is 9.80 Å². The average molecular weight is 617 g/mol. The van der Waals surface area contributed by atoms with Crippen LogP contribution in [0.25, 0.3) is 0 Å². The van der Waals surface area contributed by atoms with Gasteiger partial charge in [-0.2, -0.15) is 13.2 Å². The van der Waals surface area contributed by atoms with Crippen LogP contribution in [0.3, 0.4) is 0 Å². The lowest BCUT2D eigenvalue weighted by Crippen LogP contribution is -2.43. The molecule has 11 heteroatoms. The molecule has 4 aromatic carbocycles. The molecule has 1 aliphatic heterocycles. The van der Waals surface area contributed by atoms with E-state index in [9.17, 15) is 22.8 Å². The number of benzene rings is 4. The first-order valence-electron chi connectivity index (χ1n) is 13.9. The smallest absolute Gasteiger partial charge is 0.475 e. The number of aliphatic carboxylic acids is 1. The summed E-state index contributed by atoms with van der Waals surface area (Å²) in [7, 11) is 1.80. The van der Waals surface area contributed by atoms with Gasteiger partial charge >= 0.3 is 12.1 Å². The van der Waals surface area contributed by atoms with Gasteiger partial charge in [-0.1, -0.05) is 103 Å². The Kier molecular flexibility index (Phi) is 9.71. The lowest BCUT2D eigenvalue weighted by Gasteiger charge is -2.27. The summed E-state index contributed by atoms with van der Waals surface area (Å²) in [6.45, 7) is 2.21. The van der Waals surface area contributed by atoms with E-state index in [0.717, 1.165) is 22.3 Å². The van der Waals surface area contributed by atoms with Gasteiger partial charge in [-0.25, -0.2) is 9.79 Å². The Bertz CT molecular complexity index is 1640. The molecule has 232 valence electrons. The molecule has 5 rings (SSSR count). The molecule has 1 aliphatic rings. The van der Waals surface area contributed by atoms with Crippen LogP contribution < -0.4 is 5.73 Å². The summed E-state index contributed by atoms with van der Waals surface area (Å²) in [6.07, 6.45) is -5.08. The van der Waals surface area contributed by atoms with Gasteiger partial charge in [-0.05, 0) is 41.3 Å². The number of nitrogens with two attached hydrogens (primary N) is 1. The summed E-state index contributed by atoms with van der Waals surface area (Å²) >= 11 is 0. The van der Waals surface area contributed by atoms with E-state index in [0.29, 0.717) is 5.56 Å². The normalized spacial score (nSPS) is 14.6. The van der Waals surface area contributed by atoms with Crippen LogP contribution in [0.15, 0.2) is 120 Å². The van der Waals surface area contributed by atoms with E-state index >= 15 is 0 Å². The van der Waals surface area contributed by atoms with Crippen LogP contribution in [0.2, 0.25) is 0 Å². The van der Waals surface area contributed by atoms with Crippen molar-refractivity contribution in [1.29, 1.82) is 0 Å². The Morgan fingerprint density at radius 1 is 0.889 bits per heavy atom. The highest BCUT2D eigenvalue weighted by atomic mass is 19.4. The predicted octanol–water partition coefficient (Wildman–Crippen LogP) is 5.75. The van der Waals surface area contributed by atoms with Gasteiger partial charge in [0, 0.05) is 12.6 Å². The molecule has 45 heavy (non-hydrogen) atoms. The van der Waals surface area contributed by atoms with Crippen molar-refractivity contribution in [2.75, 3.05) is 7.05 Å². The standard InChI is InChI=1S/C32H30N4O2.C2HF3O2/c1-23(25-14-6-3-7-15-25)35(2)29(37)26-16-12-13-24(21-26)22-36-30(38)32(34-31(36)33,27-17-8-4-9-18-27)28-19-10-5-11-20-28;3-2(4,5)1(6)7/h3-21,23H,22H2,1-2H3,(H2,33,34);(H,6,7). The Morgan fingerprint density at radius 3 is 1.87 bits per heavy atom. The van der Waals surface area contributed by atoms with Gasteiger partial charge in [0.15, 0.2) is 11.5 Å². The quantitative estimate of drug-likeness (QED) is 0.274. The molecule has 2 amide bonds. The molecular formula is C34H31F3N4O4. The first-order valence-corrected chi connectivity index (χ1v) is 13.9. The Morgan fingerprint density at radius 2 is 1.38 bits per heavy atom. The van der Waals surface area contributed by atoms with Gasteiger partial charge in [0.25, 0.3) is 11.8 Å². The minimum atomic E-state index is -5.08. The molecule has 0 fully saturated rings. The largest absolute Gasteiger partial charge is 0.490 e. The number of hydrogen-bond acceptors (Lipinski definition) is 5. The highest BCUT2D eigenvalue weighted by Gasteiger charge is 2.50. The lowest BCUT2D eigenvalue weighted by atomic mass is 9.83. The molecule has 0 saturated heterocycles. The number of carbonyl (C=O) groups excluding carboxylic acids is 2. The third-order valence-corrected chi connectivity index (χ3v) is 7.44. The zero-order chi connectivity index (χ0) is 32.8. The monoisotopic (exact) mass is 616 g/mol. The van der Waals surface area contributed by atoms with Crippen molar-refractivity contribution >= 4 is 23.7 Å². The lowest BCUT2D eigenvalue weighted by molar-refractivity contribution is -0.192. The molecular weight excluding hydrogens is 585 g/mol. The topological polar surface area (TPSA) is 116 Å². The van der Waals surface area contributed by atoms with Crippen molar-refractivity contribution in [2.45, 2.75) is 31.2 Å². The number of rotatable bonds is 7. The van der Waals surface area contributed by atoms with Crippen LogP contribution in [0.1, 0.15) is 45.6 Å². The van der Waals surface area contributed by atoms with E-state index in [4.69, 9.17) is 20.6 Å². The number of hydrogen-bond donors (Lipinski definition) is 2. The number of halogens is 3. The molecule has 0 aromatic heterocycles. The van der Waals surface area contributed by atoms with Gasteiger partial charge in [0.1, 0.15) is 0 Å². The maximum absolute atomic E-state index is 14.1. The summed E-state index contributed by atoms with van der Waals surface area (Å²) in [4.78, 5) is 44.3. The Labute approximate surface area is 258 Å². The second-order valence-corrected chi connectivity index (χ2v) is 10.3. The van der Waals surface area contributed by atoms with Gasteiger partial charge in [0.2, 0.25) is 0 Å². The number of amides is 2. The number of nitrogens with zero attached hydrogens (tertiary/aromatic N) is 3. The maximum atomic E-state index is 14.1. The summed E-state index contributed by atoms with van der Waals surface area (Å²) in [6, 6.07) is 36.1. The number of carboxylic acid groups (broad SMARTS) is 1. The minimum Gasteiger partial charge on any atom is -0.475 e. The van der Waals surface area contributed by atoms with Crippen LogP contribution in [-0.2, 0) is 21.7 Å². The SMILES string of the molecule is CC(c1ccccc1)N(C)C(=O)c1cccc(CN2C(=O)C(c3ccccc3)(c3ccccc3)N=C2N)c1.O=C(O)C(F)(F)F.